The van der Waals surface area contributed by atoms with Crippen LogP contribution in [-0.4, -0.2) is 36.7 Å². The quantitative estimate of drug-likeness (QED) is 0.498. The van der Waals surface area contributed by atoms with E-state index in [-0.39, 0.29) is 22.8 Å². The topological polar surface area (TPSA) is 121 Å². The summed E-state index contributed by atoms with van der Waals surface area (Å²) in [5, 5.41) is 58.1. The van der Waals surface area contributed by atoms with Crippen LogP contribution in [-0.2, 0) is 0 Å². The van der Waals surface area contributed by atoms with Crippen LogP contribution in [0, 0.1) is 0 Å². The maximum absolute atomic E-state index is 10.0. The lowest BCUT2D eigenvalue weighted by Gasteiger charge is -2.24. The van der Waals surface area contributed by atoms with Gasteiger partial charge in [-0.3, -0.25) is 0 Å². The maximum Gasteiger partial charge on any atom is 0.125 e. The molecule has 2 aromatic carbocycles. The number of aromatic hydroxyl groups is 3. The molecule has 21 heavy (non-hydrogen) atoms. The number of phenols is 3. The second-order valence-corrected chi connectivity index (χ2v) is 4.71. The molecule has 0 fully saturated rings. The fourth-order valence-corrected chi connectivity index (χ4v) is 2.01. The monoisotopic (exact) mass is 292 g/mol. The minimum atomic E-state index is -1.59. The van der Waals surface area contributed by atoms with Crippen molar-refractivity contribution in [2.45, 2.75) is 18.3 Å². The van der Waals surface area contributed by atoms with E-state index in [1.54, 1.807) is 0 Å². The average molecular weight is 292 g/mol. The number of rotatable bonds is 4. The Bertz CT molecular complexity index is 610. The van der Waals surface area contributed by atoms with Crippen molar-refractivity contribution in [2.75, 3.05) is 0 Å². The van der Waals surface area contributed by atoms with Gasteiger partial charge in [0.25, 0.3) is 0 Å². The first-order valence-electron chi connectivity index (χ1n) is 6.25. The Kier molecular flexibility index (Phi) is 4.32. The van der Waals surface area contributed by atoms with Gasteiger partial charge in [-0.05, 0) is 29.8 Å². The van der Waals surface area contributed by atoms with Gasteiger partial charge >= 0.3 is 0 Å². The van der Waals surface area contributed by atoms with Crippen LogP contribution in [0.1, 0.15) is 23.3 Å². The van der Waals surface area contributed by atoms with Crippen LogP contribution in [0.25, 0.3) is 0 Å². The van der Waals surface area contributed by atoms with Gasteiger partial charge in [0, 0.05) is 11.6 Å². The molecule has 0 spiro atoms. The third kappa shape index (κ3) is 3.25. The average Bonchev–Trinajstić information content (AvgIpc) is 2.46. The van der Waals surface area contributed by atoms with Gasteiger partial charge in [0.15, 0.2) is 0 Å². The van der Waals surface area contributed by atoms with E-state index in [1.165, 1.54) is 36.4 Å². The molecule has 0 aliphatic carbocycles. The molecule has 3 atom stereocenters. The first-order valence-corrected chi connectivity index (χ1v) is 6.25. The molecule has 0 heterocycles. The first kappa shape index (κ1) is 15.1. The number of phenolic OH excluding ortho intramolecular Hbond substituents is 3. The third-order valence-corrected chi connectivity index (χ3v) is 3.21. The van der Waals surface area contributed by atoms with Crippen LogP contribution in [0.5, 0.6) is 17.2 Å². The molecule has 6 N–H and O–H groups in total. The number of aliphatic hydroxyl groups is 3. The van der Waals surface area contributed by atoms with Crippen LogP contribution < -0.4 is 0 Å². The molecule has 0 aliphatic rings. The van der Waals surface area contributed by atoms with Gasteiger partial charge in [0.05, 0.1) is 0 Å². The molecule has 0 amide bonds. The van der Waals surface area contributed by atoms with Crippen LogP contribution >= 0.6 is 0 Å². The Morgan fingerprint density at radius 3 is 1.81 bits per heavy atom. The molecule has 3 unspecified atom stereocenters. The Labute approximate surface area is 120 Å². The lowest BCUT2D eigenvalue weighted by Crippen LogP contribution is -2.26. The van der Waals surface area contributed by atoms with Crippen molar-refractivity contribution in [2.24, 2.45) is 0 Å². The predicted octanol–water partition coefficient (Wildman–Crippen LogP) is 0.931. The SMILES string of the molecule is Oc1ccc(C(O)C(O)C(O)c2ccc(O)cc2O)cc1. The number of benzene rings is 2. The molecule has 0 radical (unpaired) electrons. The van der Waals surface area contributed by atoms with Gasteiger partial charge in [-0.25, -0.2) is 0 Å². The summed E-state index contributed by atoms with van der Waals surface area (Å²) in [5.74, 6) is -0.561. The molecule has 0 aliphatic heterocycles. The van der Waals surface area contributed by atoms with E-state index >= 15 is 0 Å². The highest BCUT2D eigenvalue weighted by atomic mass is 16.4. The van der Waals surface area contributed by atoms with Crippen molar-refractivity contribution in [3.8, 4) is 17.2 Å². The summed E-state index contributed by atoms with van der Waals surface area (Å²) < 4.78 is 0. The zero-order valence-corrected chi connectivity index (χ0v) is 11.0. The predicted molar refractivity (Wildman–Crippen MR) is 73.8 cm³/mol. The summed E-state index contributed by atoms with van der Waals surface area (Å²) in [7, 11) is 0. The van der Waals surface area contributed by atoms with E-state index in [9.17, 15) is 30.6 Å². The zero-order chi connectivity index (χ0) is 15.6. The number of aliphatic hydroxyl groups excluding tert-OH is 3. The minimum absolute atomic E-state index is 0.0113. The van der Waals surface area contributed by atoms with Gasteiger partial charge in [0.1, 0.15) is 35.6 Å². The molecule has 0 bridgehead atoms. The van der Waals surface area contributed by atoms with E-state index < -0.39 is 18.3 Å². The molecule has 0 saturated carbocycles. The van der Waals surface area contributed by atoms with Gasteiger partial charge in [-0.15, -0.1) is 0 Å². The normalized spacial score (nSPS) is 15.4. The molecule has 0 saturated heterocycles. The second kappa shape index (κ2) is 6.01. The van der Waals surface area contributed by atoms with Crippen molar-refractivity contribution in [3.63, 3.8) is 0 Å². The van der Waals surface area contributed by atoms with Crippen molar-refractivity contribution in [1.29, 1.82) is 0 Å². The van der Waals surface area contributed by atoms with Crippen molar-refractivity contribution in [1.82, 2.24) is 0 Å². The molecule has 6 nitrogen and oxygen atoms in total. The standard InChI is InChI=1S/C15H16O6/c16-9-3-1-8(2-4-9)13(19)15(21)14(20)11-6-5-10(17)7-12(11)18/h1-7,13-21H. The van der Waals surface area contributed by atoms with Crippen molar-refractivity contribution in [3.05, 3.63) is 53.6 Å². The van der Waals surface area contributed by atoms with E-state index in [1.807, 2.05) is 0 Å². The third-order valence-electron chi connectivity index (χ3n) is 3.21. The Hall–Kier alpha value is -2.28. The summed E-state index contributed by atoms with van der Waals surface area (Å²) >= 11 is 0. The Balaban J connectivity index is 2.21. The highest BCUT2D eigenvalue weighted by Crippen LogP contribution is 2.33. The molecular formula is C15H16O6. The van der Waals surface area contributed by atoms with Crippen molar-refractivity contribution < 1.29 is 30.6 Å². The fourth-order valence-electron chi connectivity index (χ4n) is 2.01. The van der Waals surface area contributed by atoms with E-state index in [0.717, 1.165) is 6.07 Å². The van der Waals surface area contributed by atoms with E-state index in [0.29, 0.717) is 5.56 Å². The summed E-state index contributed by atoms with van der Waals surface area (Å²) in [6.07, 6.45) is -4.55. The molecule has 6 heteroatoms. The molecule has 2 aromatic rings. The van der Waals surface area contributed by atoms with E-state index in [4.69, 9.17) is 0 Å². The first-order chi connectivity index (χ1) is 9.90. The van der Waals surface area contributed by atoms with Crippen LogP contribution in [0.3, 0.4) is 0 Å². The highest BCUT2D eigenvalue weighted by Gasteiger charge is 2.29. The Morgan fingerprint density at radius 1 is 0.667 bits per heavy atom. The number of hydrogen-bond acceptors (Lipinski definition) is 6. The van der Waals surface area contributed by atoms with Gasteiger partial charge in [0.2, 0.25) is 0 Å². The summed E-state index contributed by atoms with van der Waals surface area (Å²) in [6.45, 7) is 0. The molecule has 2 rings (SSSR count). The smallest absolute Gasteiger partial charge is 0.125 e. The molecule has 112 valence electrons. The highest BCUT2D eigenvalue weighted by molar-refractivity contribution is 5.41. The zero-order valence-electron chi connectivity index (χ0n) is 11.0. The van der Waals surface area contributed by atoms with Gasteiger partial charge in [-0.2, -0.15) is 0 Å². The summed E-state index contributed by atoms with van der Waals surface area (Å²) in [5.41, 5.74) is 0.288. The second-order valence-electron chi connectivity index (χ2n) is 4.71. The minimum Gasteiger partial charge on any atom is -0.508 e. The number of hydrogen-bond donors (Lipinski definition) is 6. The lowest BCUT2D eigenvalue weighted by atomic mass is 9.95. The summed E-state index contributed by atoms with van der Waals surface area (Å²) in [6, 6.07) is 9.03. The molecule has 0 aromatic heterocycles. The van der Waals surface area contributed by atoms with Gasteiger partial charge in [-0.1, -0.05) is 12.1 Å². The van der Waals surface area contributed by atoms with Crippen LogP contribution in [0.2, 0.25) is 0 Å². The van der Waals surface area contributed by atoms with Crippen molar-refractivity contribution >= 4 is 0 Å². The fraction of sp³-hybridized carbons (Fsp3) is 0.200. The summed E-state index contributed by atoms with van der Waals surface area (Å²) in [4.78, 5) is 0. The maximum atomic E-state index is 10.0. The van der Waals surface area contributed by atoms with E-state index in [2.05, 4.69) is 0 Å². The molecular weight excluding hydrogens is 276 g/mol. The van der Waals surface area contributed by atoms with Gasteiger partial charge < -0.3 is 30.6 Å². The van der Waals surface area contributed by atoms with Crippen LogP contribution in [0.4, 0.5) is 0 Å². The largest absolute Gasteiger partial charge is 0.508 e. The lowest BCUT2D eigenvalue weighted by molar-refractivity contribution is -0.0629. The van der Waals surface area contributed by atoms with Crippen LogP contribution in [0.15, 0.2) is 42.5 Å². The Morgan fingerprint density at radius 2 is 1.24 bits per heavy atom.